The molecule has 0 bridgehead atoms. The van der Waals surface area contributed by atoms with E-state index in [0.717, 1.165) is 0 Å². The number of nitrogens with one attached hydrogen (secondary N) is 1. The summed E-state index contributed by atoms with van der Waals surface area (Å²) in [5.74, 6) is -0.252. The van der Waals surface area contributed by atoms with Crippen molar-refractivity contribution in [3.8, 4) is 17.2 Å². The largest absolute Gasteiger partial charge is 0.493 e. The molecule has 0 radical (unpaired) electrons. The maximum atomic E-state index is 12.5. The second-order valence-corrected chi connectivity index (χ2v) is 5.79. The fourth-order valence-corrected chi connectivity index (χ4v) is 2.79. The molecule has 1 fully saturated rings. The first-order chi connectivity index (χ1) is 12.0. The minimum Gasteiger partial charge on any atom is -0.493 e. The SMILES string of the molecule is COc1cc(C(=O)NCC2(C(=O)O)CCOCC2)cc(OC)c1OC. The second kappa shape index (κ2) is 8.06. The zero-order valence-electron chi connectivity index (χ0n) is 14.6. The molecular weight excluding hydrogens is 330 g/mol. The Balaban J connectivity index is 2.19. The number of carbonyl (C=O) groups excluding carboxylic acids is 1. The van der Waals surface area contributed by atoms with Crippen LogP contribution in [0, 0.1) is 5.41 Å². The molecule has 1 saturated heterocycles. The van der Waals surface area contributed by atoms with E-state index in [-0.39, 0.29) is 6.54 Å². The van der Waals surface area contributed by atoms with E-state index in [2.05, 4.69) is 5.32 Å². The first-order valence-corrected chi connectivity index (χ1v) is 7.87. The van der Waals surface area contributed by atoms with Crippen LogP contribution in [0.1, 0.15) is 23.2 Å². The molecule has 1 aliphatic heterocycles. The minimum absolute atomic E-state index is 0.0290. The van der Waals surface area contributed by atoms with Gasteiger partial charge in [-0.1, -0.05) is 0 Å². The molecule has 25 heavy (non-hydrogen) atoms. The van der Waals surface area contributed by atoms with Crippen LogP contribution in [-0.4, -0.2) is 58.1 Å². The van der Waals surface area contributed by atoms with Crippen molar-refractivity contribution in [1.29, 1.82) is 0 Å². The Labute approximate surface area is 146 Å². The summed E-state index contributed by atoms with van der Waals surface area (Å²) in [6.45, 7) is 0.764. The lowest BCUT2D eigenvalue weighted by Crippen LogP contribution is -2.46. The van der Waals surface area contributed by atoms with Crippen LogP contribution in [-0.2, 0) is 9.53 Å². The number of carboxylic acid groups (broad SMARTS) is 1. The third-order valence-corrected chi connectivity index (χ3v) is 4.42. The first-order valence-electron chi connectivity index (χ1n) is 7.87. The van der Waals surface area contributed by atoms with E-state index >= 15 is 0 Å². The predicted molar refractivity (Wildman–Crippen MR) is 88.6 cm³/mol. The van der Waals surface area contributed by atoms with Crippen molar-refractivity contribution < 1.29 is 33.6 Å². The second-order valence-electron chi connectivity index (χ2n) is 5.79. The van der Waals surface area contributed by atoms with E-state index in [0.29, 0.717) is 48.9 Å². The average Bonchev–Trinajstić information content (AvgIpc) is 2.65. The molecule has 1 aliphatic rings. The van der Waals surface area contributed by atoms with Gasteiger partial charge in [0.1, 0.15) is 0 Å². The topological polar surface area (TPSA) is 103 Å². The fourth-order valence-electron chi connectivity index (χ4n) is 2.79. The summed E-state index contributed by atoms with van der Waals surface area (Å²) in [4.78, 5) is 24.1. The summed E-state index contributed by atoms with van der Waals surface area (Å²) in [5, 5.41) is 12.2. The summed E-state index contributed by atoms with van der Waals surface area (Å²) in [7, 11) is 4.39. The van der Waals surface area contributed by atoms with Gasteiger partial charge < -0.3 is 29.4 Å². The molecule has 0 unspecified atom stereocenters. The van der Waals surface area contributed by atoms with E-state index < -0.39 is 17.3 Å². The van der Waals surface area contributed by atoms with Crippen LogP contribution in [0.4, 0.5) is 0 Å². The van der Waals surface area contributed by atoms with Gasteiger partial charge in [0.05, 0.1) is 26.7 Å². The average molecular weight is 353 g/mol. The standard InChI is InChI=1S/C17H23NO7/c1-22-12-8-11(9-13(23-2)14(12)24-3)15(19)18-10-17(16(20)21)4-6-25-7-5-17/h8-9H,4-7,10H2,1-3H3,(H,18,19)(H,20,21). The highest BCUT2D eigenvalue weighted by Crippen LogP contribution is 2.38. The fraction of sp³-hybridized carbons (Fsp3) is 0.529. The van der Waals surface area contributed by atoms with Crippen molar-refractivity contribution >= 4 is 11.9 Å². The van der Waals surface area contributed by atoms with Gasteiger partial charge in [-0.2, -0.15) is 0 Å². The summed E-state index contributed by atoms with van der Waals surface area (Å²) in [5.41, 5.74) is -0.712. The zero-order chi connectivity index (χ0) is 18.4. The van der Waals surface area contributed by atoms with Gasteiger partial charge in [-0.3, -0.25) is 9.59 Å². The molecule has 0 aliphatic carbocycles. The summed E-state index contributed by atoms with van der Waals surface area (Å²) >= 11 is 0. The highest BCUT2D eigenvalue weighted by atomic mass is 16.5. The van der Waals surface area contributed by atoms with Crippen molar-refractivity contribution in [1.82, 2.24) is 5.32 Å². The van der Waals surface area contributed by atoms with Crippen LogP contribution in [0.2, 0.25) is 0 Å². The number of benzene rings is 1. The summed E-state index contributed by atoms with van der Waals surface area (Å²) in [6.07, 6.45) is 0.718. The Morgan fingerprint density at radius 2 is 1.68 bits per heavy atom. The lowest BCUT2D eigenvalue weighted by atomic mass is 9.80. The van der Waals surface area contributed by atoms with Gasteiger partial charge in [0.2, 0.25) is 5.75 Å². The molecular formula is C17H23NO7. The number of hydrogen-bond acceptors (Lipinski definition) is 6. The summed E-state index contributed by atoms with van der Waals surface area (Å²) in [6, 6.07) is 3.04. The molecule has 1 heterocycles. The van der Waals surface area contributed by atoms with E-state index in [9.17, 15) is 14.7 Å². The molecule has 0 aromatic heterocycles. The van der Waals surface area contributed by atoms with Crippen molar-refractivity contribution in [3.05, 3.63) is 17.7 Å². The molecule has 0 saturated carbocycles. The van der Waals surface area contributed by atoms with Gasteiger partial charge in [-0.05, 0) is 25.0 Å². The van der Waals surface area contributed by atoms with Gasteiger partial charge in [0.15, 0.2) is 11.5 Å². The number of aliphatic carboxylic acids is 1. The maximum absolute atomic E-state index is 12.5. The molecule has 1 aromatic carbocycles. The highest BCUT2D eigenvalue weighted by molar-refractivity contribution is 5.96. The zero-order valence-corrected chi connectivity index (χ0v) is 14.6. The maximum Gasteiger partial charge on any atom is 0.311 e. The number of hydrogen-bond donors (Lipinski definition) is 2. The van der Waals surface area contributed by atoms with Crippen molar-refractivity contribution in [3.63, 3.8) is 0 Å². The quantitative estimate of drug-likeness (QED) is 0.762. The molecule has 0 atom stereocenters. The third-order valence-electron chi connectivity index (χ3n) is 4.42. The third kappa shape index (κ3) is 3.96. The molecule has 138 valence electrons. The Hall–Kier alpha value is -2.48. The number of carboxylic acids is 1. The molecule has 0 spiro atoms. The smallest absolute Gasteiger partial charge is 0.311 e. The number of methoxy groups -OCH3 is 3. The van der Waals surface area contributed by atoms with Crippen molar-refractivity contribution in [2.45, 2.75) is 12.8 Å². The first kappa shape index (κ1) is 18.9. The monoisotopic (exact) mass is 353 g/mol. The Morgan fingerprint density at radius 3 is 2.12 bits per heavy atom. The lowest BCUT2D eigenvalue weighted by molar-refractivity contribution is -0.154. The van der Waals surface area contributed by atoms with Crippen molar-refractivity contribution in [2.75, 3.05) is 41.1 Å². The number of carbonyl (C=O) groups is 2. The molecule has 1 aromatic rings. The normalized spacial score (nSPS) is 16.0. The number of ether oxygens (including phenoxy) is 4. The molecule has 8 heteroatoms. The van der Waals surface area contributed by atoms with Crippen LogP contribution in [0.15, 0.2) is 12.1 Å². The van der Waals surface area contributed by atoms with Gasteiger partial charge in [0, 0.05) is 25.3 Å². The van der Waals surface area contributed by atoms with E-state index in [1.807, 2.05) is 0 Å². The van der Waals surface area contributed by atoms with Gasteiger partial charge >= 0.3 is 5.97 Å². The highest BCUT2D eigenvalue weighted by Gasteiger charge is 2.40. The van der Waals surface area contributed by atoms with Crippen LogP contribution in [0.5, 0.6) is 17.2 Å². The number of rotatable bonds is 7. The Bertz CT molecular complexity index is 613. The van der Waals surface area contributed by atoms with Crippen LogP contribution in [0.25, 0.3) is 0 Å². The molecule has 8 nitrogen and oxygen atoms in total. The number of amides is 1. The summed E-state index contributed by atoms with van der Waals surface area (Å²) < 4.78 is 20.9. The Kier molecular flexibility index (Phi) is 6.08. The molecule has 2 rings (SSSR count). The van der Waals surface area contributed by atoms with E-state index in [4.69, 9.17) is 18.9 Å². The van der Waals surface area contributed by atoms with E-state index in [1.54, 1.807) is 0 Å². The van der Waals surface area contributed by atoms with Crippen molar-refractivity contribution in [2.24, 2.45) is 5.41 Å². The molecule has 1 amide bonds. The predicted octanol–water partition coefficient (Wildman–Crippen LogP) is 1.32. The van der Waals surface area contributed by atoms with Gasteiger partial charge in [-0.25, -0.2) is 0 Å². The van der Waals surface area contributed by atoms with Crippen LogP contribution in [0.3, 0.4) is 0 Å². The molecule has 2 N–H and O–H groups in total. The van der Waals surface area contributed by atoms with Gasteiger partial charge in [0.25, 0.3) is 5.91 Å². The lowest BCUT2D eigenvalue weighted by Gasteiger charge is -2.33. The van der Waals surface area contributed by atoms with Gasteiger partial charge in [-0.15, -0.1) is 0 Å². The minimum atomic E-state index is -1.01. The van der Waals surface area contributed by atoms with E-state index in [1.165, 1.54) is 33.5 Å². The van der Waals surface area contributed by atoms with Crippen LogP contribution < -0.4 is 19.5 Å². The Morgan fingerprint density at radius 1 is 1.12 bits per heavy atom. The van der Waals surface area contributed by atoms with Crippen LogP contribution >= 0.6 is 0 Å².